The molecule has 3 rings (SSSR count). The van der Waals surface area contributed by atoms with E-state index in [0.29, 0.717) is 23.0 Å². The fourth-order valence-electron chi connectivity index (χ4n) is 3.06. The average Bonchev–Trinajstić information content (AvgIpc) is 2.92. The largest absolute Gasteiger partial charge is 0.497 e. The van der Waals surface area contributed by atoms with Crippen molar-refractivity contribution in [2.45, 2.75) is 18.6 Å². The highest BCUT2D eigenvalue weighted by Gasteiger charge is 2.37. The van der Waals surface area contributed by atoms with Gasteiger partial charge in [0, 0.05) is 19.6 Å². The Labute approximate surface area is 146 Å². The van der Waals surface area contributed by atoms with Crippen molar-refractivity contribution in [1.82, 2.24) is 4.90 Å². The fraction of sp³-hybridized carbons (Fsp3) is 0.333. The van der Waals surface area contributed by atoms with E-state index < -0.39 is 5.60 Å². The minimum atomic E-state index is -0.882. The lowest BCUT2D eigenvalue weighted by molar-refractivity contribution is 0.0453. The molecule has 1 N–H and O–H groups in total. The molecule has 0 radical (unpaired) electrons. The summed E-state index contributed by atoms with van der Waals surface area (Å²) in [5.74, 6) is 0.849. The standard InChI is InChI=1S/C18H19Cl2NO2/c1-23-15-4-2-3-13(9-15)11-21-8-7-18(22,12-21)14-5-6-16(19)17(20)10-14/h2-6,9-10,22H,7-8,11-12H2,1H3. The molecule has 122 valence electrons. The lowest BCUT2D eigenvalue weighted by Crippen LogP contribution is -2.30. The van der Waals surface area contributed by atoms with Gasteiger partial charge >= 0.3 is 0 Å². The summed E-state index contributed by atoms with van der Waals surface area (Å²) in [6, 6.07) is 13.4. The Morgan fingerprint density at radius 2 is 2.00 bits per heavy atom. The van der Waals surface area contributed by atoms with Crippen LogP contribution in [0, 0.1) is 0 Å². The van der Waals surface area contributed by atoms with Crippen LogP contribution in [0.25, 0.3) is 0 Å². The quantitative estimate of drug-likeness (QED) is 0.900. The van der Waals surface area contributed by atoms with Gasteiger partial charge in [0.25, 0.3) is 0 Å². The maximum Gasteiger partial charge on any atom is 0.119 e. The van der Waals surface area contributed by atoms with E-state index in [2.05, 4.69) is 11.0 Å². The summed E-state index contributed by atoms with van der Waals surface area (Å²) in [6.45, 7) is 2.18. The topological polar surface area (TPSA) is 32.7 Å². The molecule has 1 heterocycles. The molecule has 1 aliphatic rings. The zero-order valence-electron chi connectivity index (χ0n) is 12.9. The SMILES string of the molecule is COc1cccc(CN2CCC(O)(c3ccc(Cl)c(Cl)c3)C2)c1. The van der Waals surface area contributed by atoms with Crippen LogP contribution in [0.4, 0.5) is 0 Å². The zero-order chi connectivity index (χ0) is 16.4. The highest BCUT2D eigenvalue weighted by Crippen LogP contribution is 2.35. The van der Waals surface area contributed by atoms with Crippen LogP contribution in [0.3, 0.4) is 0 Å². The minimum absolute atomic E-state index is 0.476. The maximum atomic E-state index is 11.0. The van der Waals surface area contributed by atoms with E-state index in [1.165, 1.54) is 5.56 Å². The summed E-state index contributed by atoms with van der Waals surface area (Å²) < 4.78 is 5.26. The molecule has 1 unspecified atom stereocenters. The van der Waals surface area contributed by atoms with Crippen molar-refractivity contribution in [1.29, 1.82) is 0 Å². The number of benzene rings is 2. The lowest BCUT2D eigenvalue weighted by Gasteiger charge is -2.24. The molecule has 1 atom stereocenters. The molecule has 23 heavy (non-hydrogen) atoms. The summed E-state index contributed by atoms with van der Waals surface area (Å²) >= 11 is 12.0. The molecule has 3 nitrogen and oxygen atoms in total. The number of ether oxygens (including phenoxy) is 1. The fourth-order valence-corrected chi connectivity index (χ4v) is 3.35. The van der Waals surface area contributed by atoms with Crippen LogP contribution < -0.4 is 4.74 Å². The van der Waals surface area contributed by atoms with E-state index >= 15 is 0 Å². The van der Waals surface area contributed by atoms with Crippen LogP contribution in [-0.4, -0.2) is 30.2 Å². The van der Waals surface area contributed by atoms with E-state index in [9.17, 15) is 5.11 Å². The number of methoxy groups -OCH3 is 1. The molecule has 5 heteroatoms. The van der Waals surface area contributed by atoms with Gasteiger partial charge in [-0.15, -0.1) is 0 Å². The highest BCUT2D eigenvalue weighted by molar-refractivity contribution is 6.42. The molecule has 0 aromatic heterocycles. The molecule has 0 aliphatic carbocycles. The first kappa shape index (κ1) is 16.6. The molecule has 1 saturated heterocycles. The number of rotatable bonds is 4. The van der Waals surface area contributed by atoms with Gasteiger partial charge in [0.05, 0.1) is 17.2 Å². The highest BCUT2D eigenvalue weighted by atomic mass is 35.5. The smallest absolute Gasteiger partial charge is 0.119 e. The van der Waals surface area contributed by atoms with E-state index in [0.717, 1.165) is 24.4 Å². The summed E-state index contributed by atoms with van der Waals surface area (Å²) in [5.41, 5.74) is 1.11. The lowest BCUT2D eigenvalue weighted by atomic mass is 9.93. The van der Waals surface area contributed by atoms with Gasteiger partial charge < -0.3 is 9.84 Å². The predicted molar refractivity (Wildman–Crippen MR) is 93.2 cm³/mol. The molecule has 0 bridgehead atoms. The van der Waals surface area contributed by atoms with Gasteiger partial charge in [-0.25, -0.2) is 0 Å². The van der Waals surface area contributed by atoms with Crippen molar-refractivity contribution in [3.8, 4) is 5.75 Å². The van der Waals surface area contributed by atoms with Gasteiger partial charge in [0.2, 0.25) is 0 Å². The van der Waals surface area contributed by atoms with Gasteiger partial charge in [0.15, 0.2) is 0 Å². The van der Waals surface area contributed by atoms with E-state index in [1.54, 1.807) is 19.2 Å². The number of hydrogen-bond acceptors (Lipinski definition) is 3. The second kappa shape index (κ2) is 6.70. The number of nitrogens with zero attached hydrogens (tertiary/aromatic N) is 1. The number of halogens is 2. The monoisotopic (exact) mass is 351 g/mol. The Bertz CT molecular complexity index is 707. The first-order chi connectivity index (χ1) is 11.0. The number of aliphatic hydroxyl groups is 1. The molecule has 2 aromatic rings. The Morgan fingerprint density at radius 1 is 1.17 bits per heavy atom. The molecule has 2 aromatic carbocycles. The number of β-amino-alcohol motifs (C(OH)–C–C–N with tert-alkyl or cyclic N) is 1. The van der Waals surface area contributed by atoms with Crippen molar-refractivity contribution in [3.05, 3.63) is 63.6 Å². The first-order valence-corrected chi connectivity index (χ1v) is 8.29. The van der Waals surface area contributed by atoms with Crippen LogP contribution >= 0.6 is 23.2 Å². The molecule has 1 aliphatic heterocycles. The Morgan fingerprint density at radius 3 is 2.74 bits per heavy atom. The van der Waals surface area contributed by atoms with Crippen LogP contribution in [-0.2, 0) is 12.1 Å². The van der Waals surface area contributed by atoms with Gasteiger partial charge in [-0.05, 0) is 41.8 Å². The second-order valence-corrected chi connectivity index (χ2v) is 6.79. The molecule has 0 amide bonds. The van der Waals surface area contributed by atoms with Crippen LogP contribution in [0.15, 0.2) is 42.5 Å². The van der Waals surface area contributed by atoms with Gasteiger partial charge in [-0.2, -0.15) is 0 Å². The molecule has 1 fully saturated rings. The second-order valence-electron chi connectivity index (χ2n) is 5.97. The normalized spacial score (nSPS) is 21.6. The predicted octanol–water partition coefficient (Wildman–Crippen LogP) is 4.10. The summed E-state index contributed by atoms with van der Waals surface area (Å²) in [4.78, 5) is 2.23. The van der Waals surface area contributed by atoms with Gasteiger partial charge in [-0.1, -0.05) is 41.4 Å². The third kappa shape index (κ3) is 3.64. The van der Waals surface area contributed by atoms with Crippen molar-refractivity contribution in [2.24, 2.45) is 0 Å². The third-order valence-corrected chi connectivity index (χ3v) is 5.06. The third-order valence-electron chi connectivity index (χ3n) is 4.32. The van der Waals surface area contributed by atoms with Crippen molar-refractivity contribution >= 4 is 23.2 Å². The summed E-state index contributed by atoms with van der Waals surface area (Å²) in [6.07, 6.45) is 0.676. The summed E-state index contributed by atoms with van der Waals surface area (Å²) in [5, 5.41) is 11.9. The van der Waals surface area contributed by atoms with Gasteiger partial charge in [0.1, 0.15) is 11.4 Å². The Kier molecular flexibility index (Phi) is 4.83. The van der Waals surface area contributed by atoms with Crippen molar-refractivity contribution in [3.63, 3.8) is 0 Å². The Balaban J connectivity index is 1.72. The summed E-state index contributed by atoms with van der Waals surface area (Å²) in [7, 11) is 1.66. The molecule has 0 saturated carbocycles. The van der Waals surface area contributed by atoms with E-state index in [-0.39, 0.29) is 0 Å². The van der Waals surface area contributed by atoms with E-state index in [1.807, 2.05) is 24.3 Å². The van der Waals surface area contributed by atoms with Gasteiger partial charge in [-0.3, -0.25) is 4.90 Å². The molecular formula is C18H19Cl2NO2. The maximum absolute atomic E-state index is 11.0. The number of hydrogen-bond donors (Lipinski definition) is 1. The van der Waals surface area contributed by atoms with Crippen molar-refractivity contribution < 1.29 is 9.84 Å². The van der Waals surface area contributed by atoms with Crippen LogP contribution in [0.2, 0.25) is 10.0 Å². The molecular weight excluding hydrogens is 333 g/mol. The first-order valence-electron chi connectivity index (χ1n) is 7.53. The van der Waals surface area contributed by atoms with Crippen LogP contribution in [0.5, 0.6) is 5.75 Å². The average molecular weight is 352 g/mol. The minimum Gasteiger partial charge on any atom is -0.497 e. The Hall–Kier alpha value is -1.26. The number of likely N-dealkylation sites (tertiary alicyclic amines) is 1. The zero-order valence-corrected chi connectivity index (χ0v) is 14.4. The van der Waals surface area contributed by atoms with Crippen molar-refractivity contribution in [2.75, 3.05) is 20.2 Å². The van der Waals surface area contributed by atoms with Crippen LogP contribution in [0.1, 0.15) is 17.5 Å². The molecule has 0 spiro atoms. The van der Waals surface area contributed by atoms with E-state index in [4.69, 9.17) is 27.9 Å².